The van der Waals surface area contributed by atoms with Crippen LogP contribution in [0.15, 0.2) is 91.1 Å². The minimum atomic E-state index is 0.782. The number of benzene rings is 4. The van der Waals surface area contributed by atoms with E-state index in [1.165, 1.54) is 49.9 Å². The number of aromatic nitrogens is 1. The van der Waals surface area contributed by atoms with Gasteiger partial charge in [-0.3, -0.25) is 4.48 Å². The first-order chi connectivity index (χ1) is 13.6. The molecule has 28 heavy (non-hydrogen) atoms. The molecule has 2 heteroatoms. The lowest BCUT2D eigenvalue weighted by atomic mass is 10.0. The Labute approximate surface area is 164 Å². The fourth-order valence-corrected chi connectivity index (χ4v) is 4.80. The van der Waals surface area contributed by atoms with E-state index in [-0.39, 0.29) is 0 Å². The van der Waals surface area contributed by atoms with Crippen molar-refractivity contribution in [3.8, 4) is 16.8 Å². The number of nitrogens with zero attached hydrogens (tertiary/aromatic N) is 2. The van der Waals surface area contributed by atoms with Crippen LogP contribution in [0, 0.1) is 0 Å². The molecule has 0 spiro atoms. The van der Waals surface area contributed by atoms with E-state index >= 15 is 0 Å². The van der Waals surface area contributed by atoms with Gasteiger partial charge in [0.15, 0.2) is 0 Å². The summed E-state index contributed by atoms with van der Waals surface area (Å²) in [6.45, 7) is 0. The summed E-state index contributed by atoms with van der Waals surface area (Å²) in [5.74, 6) is 0. The molecule has 0 bridgehead atoms. The van der Waals surface area contributed by atoms with E-state index in [9.17, 15) is 0 Å². The second-order valence-electron chi connectivity index (χ2n) is 8.09. The Hall–Kier alpha value is -3.36. The molecule has 0 saturated heterocycles. The summed E-state index contributed by atoms with van der Waals surface area (Å²) in [4.78, 5) is 0. The molecule has 2 nitrogen and oxygen atoms in total. The molecule has 1 aliphatic heterocycles. The van der Waals surface area contributed by atoms with Crippen LogP contribution in [-0.4, -0.2) is 18.7 Å². The zero-order valence-electron chi connectivity index (χ0n) is 16.1. The van der Waals surface area contributed by atoms with E-state index in [4.69, 9.17) is 0 Å². The van der Waals surface area contributed by atoms with Crippen molar-refractivity contribution in [3.63, 3.8) is 0 Å². The Morgan fingerprint density at radius 1 is 0.643 bits per heavy atom. The summed E-state index contributed by atoms with van der Waals surface area (Å²) in [6, 6.07) is 30.9. The van der Waals surface area contributed by atoms with E-state index in [0.717, 1.165) is 4.48 Å². The van der Waals surface area contributed by atoms with Gasteiger partial charge in [-0.15, -0.1) is 0 Å². The summed E-state index contributed by atoms with van der Waals surface area (Å²) < 4.78 is 3.13. The second kappa shape index (κ2) is 5.34. The largest absolute Gasteiger partial charge is 0.316 e. The lowest BCUT2D eigenvalue weighted by Crippen LogP contribution is -2.31. The molecule has 1 aliphatic rings. The standard InChI is InChI=1S/C26H21N2/c1-28(2)23-10-6-5-9-22(23)25-24(28)14-12-19-15-16-27(26(19)25)21-13-11-18-7-3-4-8-20(18)17-21/h3-17H,1-2H3/q+1. The Morgan fingerprint density at radius 2 is 1.39 bits per heavy atom. The number of hydrogen-bond acceptors (Lipinski definition) is 0. The van der Waals surface area contributed by atoms with Crippen molar-refractivity contribution in [2.24, 2.45) is 0 Å². The molecular formula is C26H21N2+. The van der Waals surface area contributed by atoms with Crippen molar-refractivity contribution in [2.45, 2.75) is 0 Å². The highest BCUT2D eigenvalue weighted by atomic mass is 15.3. The van der Waals surface area contributed by atoms with Gasteiger partial charge in [0.2, 0.25) is 0 Å². The smallest absolute Gasteiger partial charge is 0.147 e. The summed E-state index contributed by atoms with van der Waals surface area (Å²) in [6.07, 6.45) is 2.20. The fourth-order valence-electron chi connectivity index (χ4n) is 4.80. The van der Waals surface area contributed by atoms with E-state index in [2.05, 4.69) is 110 Å². The first-order valence-corrected chi connectivity index (χ1v) is 9.72. The van der Waals surface area contributed by atoms with Crippen LogP contribution >= 0.6 is 0 Å². The number of rotatable bonds is 1. The highest BCUT2D eigenvalue weighted by Gasteiger charge is 2.38. The van der Waals surface area contributed by atoms with Gasteiger partial charge in [0, 0.05) is 29.4 Å². The molecule has 5 aromatic rings. The van der Waals surface area contributed by atoms with Gasteiger partial charge in [0.1, 0.15) is 11.4 Å². The molecule has 0 atom stereocenters. The Kier molecular flexibility index (Phi) is 2.99. The molecule has 4 aromatic carbocycles. The Bertz CT molecular complexity index is 1390. The van der Waals surface area contributed by atoms with Crippen molar-refractivity contribution >= 4 is 33.1 Å². The molecule has 1 aromatic heterocycles. The number of fused-ring (bicyclic) bond motifs is 6. The highest BCUT2D eigenvalue weighted by Crippen LogP contribution is 2.53. The van der Waals surface area contributed by atoms with Gasteiger partial charge in [-0.1, -0.05) is 42.5 Å². The first-order valence-electron chi connectivity index (χ1n) is 9.72. The first kappa shape index (κ1) is 15.7. The normalized spacial score (nSPS) is 14.4. The molecule has 0 radical (unpaired) electrons. The molecule has 6 rings (SSSR count). The zero-order valence-corrected chi connectivity index (χ0v) is 16.1. The predicted octanol–water partition coefficient (Wildman–Crippen LogP) is 6.66. The molecule has 2 heterocycles. The maximum Gasteiger partial charge on any atom is 0.147 e. The molecule has 0 saturated carbocycles. The molecule has 0 N–H and O–H groups in total. The molecule has 0 amide bonds. The van der Waals surface area contributed by atoms with Gasteiger partial charge in [0.25, 0.3) is 0 Å². The van der Waals surface area contributed by atoms with Crippen LogP contribution in [0.4, 0.5) is 11.4 Å². The quantitative estimate of drug-likeness (QED) is 0.294. The predicted molar refractivity (Wildman–Crippen MR) is 120 cm³/mol. The van der Waals surface area contributed by atoms with Gasteiger partial charge >= 0.3 is 0 Å². The summed E-state index contributed by atoms with van der Waals surface area (Å²) >= 11 is 0. The maximum atomic E-state index is 2.35. The average molecular weight is 361 g/mol. The van der Waals surface area contributed by atoms with Crippen molar-refractivity contribution in [3.05, 3.63) is 91.1 Å². The molecule has 0 unspecified atom stereocenters. The zero-order chi connectivity index (χ0) is 18.9. The van der Waals surface area contributed by atoms with Gasteiger partial charge < -0.3 is 4.57 Å². The molecule has 0 fully saturated rings. The van der Waals surface area contributed by atoms with E-state index in [1.54, 1.807) is 0 Å². The molecular weight excluding hydrogens is 340 g/mol. The monoisotopic (exact) mass is 361 g/mol. The highest BCUT2D eigenvalue weighted by molar-refractivity contribution is 6.08. The van der Waals surface area contributed by atoms with Gasteiger partial charge in [0.05, 0.1) is 30.7 Å². The Balaban J connectivity index is 1.70. The van der Waals surface area contributed by atoms with E-state index in [0.29, 0.717) is 0 Å². The van der Waals surface area contributed by atoms with Crippen LogP contribution in [0.25, 0.3) is 38.5 Å². The minimum Gasteiger partial charge on any atom is -0.316 e. The molecule has 0 aliphatic carbocycles. The second-order valence-corrected chi connectivity index (χ2v) is 8.09. The Morgan fingerprint density at radius 3 is 2.29 bits per heavy atom. The van der Waals surface area contributed by atoms with Crippen molar-refractivity contribution in [2.75, 3.05) is 14.1 Å². The van der Waals surface area contributed by atoms with Gasteiger partial charge in [-0.25, -0.2) is 0 Å². The number of quaternary nitrogens is 1. The lowest BCUT2D eigenvalue weighted by Gasteiger charge is -2.24. The number of para-hydroxylation sites is 1. The maximum absolute atomic E-state index is 2.35. The van der Waals surface area contributed by atoms with Crippen LogP contribution in [0.5, 0.6) is 0 Å². The summed E-state index contributed by atoms with van der Waals surface area (Å²) in [5.41, 5.74) is 7.91. The summed E-state index contributed by atoms with van der Waals surface area (Å²) in [7, 11) is 4.56. The van der Waals surface area contributed by atoms with Crippen LogP contribution in [0.1, 0.15) is 0 Å². The van der Waals surface area contributed by atoms with E-state index in [1.807, 2.05) is 0 Å². The SMILES string of the molecule is C[N+]1(C)c2ccccc2-c2c1ccc1ccn(-c3ccc4ccccc4c3)c21. The van der Waals surface area contributed by atoms with Crippen LogP contribution in [-0.2, 0) is 0 Å². The third kappa shape index (κ3) is 1.96. The number of hydrogen-bond donors (Lipinski definition) is 0. The van der Waals surface area contributed by atoms with Crippen LogP contribution in [0.3, 0.4) is 0 Å². The van der Waals surface area contributed by atoms with Crippen LogP contribution < -0.4 is 4.48 Å². The third-order valence-corrected chi connectivity index (χ3v) is 6.22. The third-order valence-electron chi connectivity index (χ3n) is 6.22. The van der Waals surface area contributed by atoms with Crippen molar-refractivity contribution in [1.82, 2.24) is 9.05 Å². The average Bonchev–Trinajstić information content (AvgIpc) is 3.25. The van der Waals surface area contributed by atoms with Gasteiger partial charge in [-0.2, -0.15) is 0 Å². The summed E-state index contributed by atoms with van der Waals surface area (Å²) in [5, 5.41) is 3.82. The molecule has 134 valence electrons. The fraction of sp³-hybridized carbons (Fsp3) is 0.0769. The van der Waals surface area contributed by atoms with Crippen molar-refractivity contribution in [1.29, 1.82) is 0 Å². The lowest BCUT2D eigenvalue weighted by molar-refractivity contribution is 0.568. The topological polar surface area (TPSA) is 4.93 Å². The van der Waals surface area contributed by atoms with E-state index < -0.39 is 0 Å². The van der Waals surface area contributed by atoms with Crippen molar-refractivity contribution < 1.29 is 0 Å². The minimum absolute atomic E-state index is 0.782. The van der Waals surface area contributed by atoms with Gasteiger partial charge in [-0.05, 0) is 41.1 Å². The van der Waals surface area contributed by atoms with Crippen LogP contribution in [0.2, 0.25) is 0 Å².